The Morgan fingerprint density at radius 2 is 1.67 bits per heavy atom. The molecular formula is C23H20N2O4S. The first kappa shape index (κ1) is 19.7. The van der Waals surface area contributed by atoms with Crippen molar-refractivity contribution in [2.24, 2.45) is 0 Å². The van der Waals surface area contributed by atoms with Gasteiger partial charge in [0.1, 0.15) is 5.70 Å². The van der Waals surface area contributed by atoms with Gasteiger partial charge in [0.15, 0.2) is 11.5 Å². The quantitative estimate of drug-likeness (QED) is 0.596. The predicted octanol–water partition coefficient (Wildman–Crippen LogP) is 4.47. The number of nitrogens with zero attached hydrogens (tertiary/aromatic N) is 1. The Labute approximate surface area is 178 Å². The van der Waals surface area contributed by atoms with Crippen molar-refractivity contribution in [2.45, 2.75) is 6.92 Å². The fraction of sp³-hybridized carbons (Fsp3) is 0.130. The zero-order valence-corrected chi connectivity index (χ0v) is 17.6. The molecule has 7 heteroatoms. The summed E-state index contributed by atoms with van der Waals surface area (Å²) in [5, 5.41) is 5.08. The van der Waals surface area contributed by atoms with Gasteiger partial charge < -0.3 is 14.8 Å². The normalized spacial score (nSPS) is 13.8. The molecule has 0 spiro atoms. The second kappa shape index (κ2) is 8.04. The number of aryl methyl sites for hydroxylation is 1. The Morgan fingerprint density at radius 1 is 0.900 bits per heavy atom. The number of rotatable bonds is 6. The minimum absolute atomic E-state index is 0.256. The van der Waals surface area contributed by atoms with Crippen molar-refractivity contribution in [1.29, 1.82) is 0 Å². The van der Waals surface area contributed by atoms with Crippen LogP contribution in [-0.4, -0.2) is 26.0 Å². The number of nitrogens with one attached hydrogen (secondary N) is 1. The van der Waals surface area contributed by atoms with Gasteiger partial charge in [0.25, 0.3) is 11.8 Å². The van der Waals surface area contributed by atoms with E-state index in [0.717, 1.165) is 21.0 Å². The van der Waals surface area contributed by atoms with Crippen molar-refractivity contribution in [3.63, 3.8) is 0 Å². The fourth-order valence-corrected chi connectivity index (χ4v) is 4.11. The van der Waals surface area contributed by atoms with Crippen LogP contribution in [0.1, 0.15) is 10.4 Å². The maximum absolute atomic E-state index is 13.4. The number of amides is 2. The number of thiophene rings is 1. The number of para-hydroxylation sites is 1. The first-order chi connectivity index (χ1) is 14.5. The Kier molecular flexibility index (Phi) is 5.29. The molecule has 2 heterocycles. The van der Waals surface area contributed by atoms with E-state index in [1.165, 1.54) is 25.6 Å². The summed E-state index contributed by atoms with van der Waals surface area (Å²) in [6.07, 6.45) is 0. The first-order valence-corrected chi connectivity index (χ1v) is 10.1. The molecule has 3 aromatic rings. The highest BCUT2D eigenvalue weighted by Crippen LogP contribution is 2.38. The topological polar surface area (TPSA) is 67.9 Å². The number of imide groups is 1. The Hall–Kier alpha value is -3.58. The summed E-state index contributed by atoms with van der Waals surface area (Å²) in [4.78, 5) is 28.7. The monoisotopic (exact) mass is 420 g/mol. The fourth-order valence-electron chi connectivity index (χ4n) is 3.34. The lowest BCUT2D eigenvalue weighted by molar-refractivity contribution is -0.120. The number of ether oxygens (including phenoxy) is 2. The van der Waals surface area contributed by atoms with Crippen LogP contribution in [-0.2, 0) is 9.59 Å². The van der Waals surface area contributed by atoms with Crippen LogP contribution in [0.4, 0.5) is 11.4 Å². The number of benzene rings is 2. The molecule has 1 aliphatic heterocycles. The average Bonchev–Trinajstić information content (AvgIpc) is 3.36. The highest BCUT2D eigenvalue weighted by molar-refractivity contribution is 7.11. The number of methoxy groups -OCH3 is 2. The van der Waals surface area contributed by atoms with Gasteiger partial charge in [0.05, 0.1) is 25.5 Å². The maximum atomic E-state index is 13.4. The molecule has 0 radical (unpaired) electrons. The van der Waals surface area contributed by atoms with E-state index in [1.807, 2.05) is 48.7 Å². The summed E-state index contributed by atoms with van der Waals surface area (Å²) in [7, 11) is 3.04. The van der Waals surface area contributed by atoms with E-state index in [4.69, 9.17) is 9.47 Å². The third-order valence-corrected chi connectivity index (χ3v) is 5.77. The number of anilines is 2. The van der Waals surface area contributed by atoms with Crippen molar-refractivity contribution >= 4 is 40.1 Å². The first-order valence-electron chi connectivity index (χ1n) is 9.26. The van der Waals surface area contributed by atoms with Crippen molar-refractivity contribution in [1.82, 2.24) is 0 Å². The van der Waals surface area contributed by atoms with Gasteiger partial charge in [-0.3, -0.25) is 9.59 Å². The van der Waals surface area contributed by atoms with Crippen molar-refractivity contribution in [3.8, 4) is 11.5 Å². The SMILES string of the molecule is COc1ccc(N2C(=O)C(Nc3ccccc3C)=C(c3cccs3)C2=O)cc1OC. The Morgan fingerprint density at radius 3 is 2.33 bits per heavy atom. The molecule has 1 N–H and O–H groups in total. The van der Waals surface area contributed by atoms with Crippen molar-refractivity contribution in [2.75, 3.05) is 24.4 Å². The van der Waals surface area contributed by atoms with Crippen LogP contribution < -0.4 is 19.7 Å². The molecule has 6 nitrogen and oxygen atoms in total. The minimum Gasteiger partial charge on any atom is -0.493 e. The van der Waals surface area contributed by atoms with E-state index in [1.54, 1.807) is 18.2 Å². The zero-order valence-electron chi connectivity index (χ0n) is 16.8. The molecule has 0 atom stereocenters. The number of hydrogen-bond donors (Lipinski definition) is 1. The van der Waals surface area contributed by atoms with Gasteiger partial charge in [-0.05, 0) is 42.1 Å². The highest BCUT2D eigenvalue weighted by Gasteiger charge is 2.41. The molecule has 0 saturated carbocycles. The van der Waals surface area contributed by atoms with E-state index in [9.17, 15) is 9.59 Å². The third-order valence-electron chi connectivity index (χ3n) is 4.88. The van der Waals surface area contributed by atoms with Crippen LogP contribution in [0.25, 0.3) is 5.57 Å². The van der Waals surface area contributed by atoms with Gasteiger partial charge in [0.2, 0.25) is 0 Å². The van der Waals surface area contributed by atoms with Crippen LogP contribution in [0.2, 0.25) is 0 Å². The summed E-state index contributed by atoms with van der Waals surface area (Å²) in [6.45, 7) is 1.95. The molecule has 30 heavy (non-hydrogen) atoms. The maximum Gasteiger partial charge on any atom is 0.282 e. The largest absolute Gasteiger partial charge is 0.493 e. The lowest BCUT2D eigenvalue weighted by Crippen LogP contribution is -2.32. The molecule has 2 amide bonds. The third kappa shape index (κ3) is 3.33. The van der Waals surface area contributed by atoms with Crippen LogP contribution in [0.15, 0.2) is 65.7 Å². The molecule has 1 aromatic heterocycles. The smallest absolute Gasteiger partial charge is 0.282 e. The molecule has 0 aliphatic carbocycles. The van der Waals surface area contributed by atoms with Crippen LogP contribution in [0, 0.1) is 6.92 Å². The minimum atomic E-state index is -0.418. The number of carbonyl (C=O) groups excluding carboxylic acids is 2. The molecule has 0 unspecified atom stereocenters. The van der Waals surface area contributed by atoms with E-state index in [2.05, 4.69) is 5.32 Å². The van der Waals surface area contributed by atoms with Gasteiger partial charge in [-0.2, -0.15) is 0 Å². The lowest BCUT2D eigenvalue weighted by Gasteiger charge is -2.17. The molecule has 152 valence electrons. The highest BCUT2D eigenvalue weighted by atomic mass is 32.1. The van der Waals surface area contributed by atoms with Gasteiger partial charge in [-0.1, -0.05) is 24.3 Å². The van der Waals surface area contributed by atoms with E-state index < -0.39 is 5.91 Å². The molecular weight excluding hydrogens is 400 g/mol. The Bertz CT molecular complexity index is 1150. The standard InChI is InChI=1S/C23H20N2O4S/c1-14-7-4-5-8-16(14)24-21-20(19-9-6-12-30-19)22(26)25(23(21)27)15-10-11-17(28-2)18(13-15)29-3/h4-13,24H,1-3H3. The summed E-state index contributed by atoms with van der Waals surface area (Å²) < 4.78 is 10.6. The molecule has 0 fully saturated rings. The van der Waals surface area contributed by atoms with E-state index in [-0.39, 0.29) is 11.6 Å². The second-order valence-corrected chi connectivity index (χ2v) is 7.60. The summed E-state index contributed by atoms with van der Waals surface area (Å²) >= 11 is 1.41. The van der Waals surface area contributed by atoms with E-state index in [0.29, 0.717) is 22.8 Å². The molecule has 0 saturated heterocycles. The van der Waals surface area contributed by atoms with Gasteiger partial charge in [0, 0.05) is 16.6 Å². The summed E-state index contributed by atoms with van der Waals surface area (Å²) in [5.41, 5.74) is 2.77. The van der Waals surface area contributed by atoms with Crippen molar-refractivity contribution < 1.29 is 19.1 Å². The number of carbonyl (C=O) groups is 2. The number of hydrogen-bond acceptors (Lipinski definition) is 6. The van der Waals surface area contributed by atoms with E-state index >= 15 is 0 Å². The molecule has 1 aliphatic rings. The van der Waals surface area contributed by atoms with Gasteiger partial charge in [-0.25, -0.2) is 4.90 Å². The second-order valence-electron chi connectivity index (χ2n) is 6.65. The van der Waals surface area contributed by atoms with Crippen LogP contribution in [0.5, 0.6) is 11.5 Å². The molecule has 2 aromatic carbocycles. The van der Waals surface area contributed by atoms with Crippen molar-refractivity contribution in [3.05, 3.63) is 76.1 Å². The molecule has 4 rings (SSSR count). The Balaban J connectivity index is 1.80. The average molecular weight is 420 g/mol. The van der Waals surface area contributed by atoms with Crippen LogP contribution >= 0.6 is 11.3 Å². The van der Waals surface area contributed by atoms with Gasteiger partial charge >= 0.3 is 0 Å². The molecule has 0 bridgehead atoms. The lowest BCUT2D eigenvalue weighted by atomic mass is 10.1. The van der Waals surface area contributed by atoms with Gasteiger partial charge in [-0.15, -0.1) is 11.3 Å². The zero-order chi connectivity index (χ0) is 21.3. The predicted molar refractivity (Wildman–Crippen MR) is 118 cm³/mol. The summed E-state index contributed by atoms with van der Waals surface area (Å²) in [6, 6.07) is 16.3. The summed E-state index contributed by atoms with van der Waals surface area (Å²) in [5.74, 6) is 0.156. The van der Waals surface area contributed by atoms with Crippen LogP contribution in [0.3, 0.4) is 0 Å².